The van der Waals surface area contributed by atoms with E-state index in [1.54, 1.807) is 0 Å². The first kappa shape index (κ1) is 11.6. The molecule has 1 N–H and O–H groups in total. The van der Waals surface area contributed by atoms with Gasteiger partial charge in [0, 0.05) is 5.10 Å². The predicted molar refractivity (Wildman–Crippen MR) is 52.7 cm³/mol. The summed E-state index contributed by atoms with van der Waals surface area (Å²) in [4.78, 5) is 27.3. The van der Waals surface area contributed by atoms with E-state index in [2.05, 4.69) is 15.1 Å². The van der Waals surface area contributed by atoms with Crippen LogP contribution in [0.25, 0.3) is 5.82 Å². The van der Waals surface area contributed by atoms with Crippen molar-refractivity contribution in [3.05, 3.63) is 40.1 Å². The number of hydrogen-bond donors (Lipinski definition) is 1. The standard InChI is InChI=1S/C8H4FN5O4/c9-4-1-5(7(15)16)6(10-2-4)13-3-11-8(12-13)14(17)18/h1-3H,(H,15,16). The lowest BCUT2D eigenvalue weighted by Crippen LogP contribution is -2.09. The first-order valence-electron chi connectivity index (χ1n) is 4.44. The average Bonchev–Trinajstić information content (AvgIpc) is 2.78. The summed E-state index contributed by atoms with van der Waals surface area (Å²) in [6.07, 6.45) is 1.69. The molecule has 0 aliphatic rings. The topological polar surface area (TPSA) is 124 Å². The second kappa shape index (κ2) is 4.16. The highest BCUT2D eigenvalue weighted by atomic mass is 19.1. The molecule has 0 atom stereocenters. The van der Waals surface area contributed by atoms with Crippen LogP contribution < -0.4 is 0 Å². The van der Waals surface area contributed by atoms with Crippen molar-refractivity contribution >= 4 is 11.9 Å². The van der Waals surface area contributed by atoms with Crippen molar-refractivity contribution in [2.45, 2.75) is 0 Å². The highest BCUT2D eigenvalue weighted by Gasteiger charge is 2.21. The molecule has 2 aromatic rings. The lowest BCUT2D eigenvalue weighted by Gasteiger charge is -2.00. The molecule has 0 radical (unpaired) electrons. The fraction of sp³-hybridized carbons (Fsp3) is 0. The fourth-order valence-electron chi connectivity index (χ4n) is 1.21. The third-order valence-electron chi connectivity index (χ3n) is 1.92. The van der Waals surface area contributed by atoms with Crippen molar-refractivity contribution in [1.29, 1.82) is 0 Å². The summed E-state index contributed by atoms with van der Waals surface area (Å²) in [7, 11) is 0. The maximum atomic E-state index is 12.9. The Labute approximate surface area is 97.7 Å². The van der Waals surface area contributed by atoms with Gasteiger partial charge in [0.2, 0.25) is 6.33 Å². The van der Waals surface area contributed by atoms with Crippen molar-refractivity contribution in [3.63, 3.8) is 0 Å². The zero-order valence-corrected chi connectivity index (χ0v) is 8.52. The second-order valence-corrected chi connectivity index (χ2v) is 3.08. The van der Waals surface area contributed by atoms with Crippen molar-refractivity contribution in [3.8, 4) is 5.82 Å². The molecule has 0 unspecified atom stereocenters. The molecule has 10 heteroatoms. The maximum Gasteiger partial charge on any atom is 0.491 e. The van der Waals surface area contributed by atoms with Crippen molar-refractivity contribution < 1.29 is 19.2 Å². The van der Waals surface area contributed by atoms with Crippen LogP contribution in [0.1, 0.15) is 10.4 Å². The minimum atomic E-state index is -1.44. The molecule has 92 valence electrons. The SMILES string of the molecule is O=C(O)c1cc(F)cnc1-n1cnc([N+](=O)[O-])n1. The Hall–Kier alpha value is -2.91. The van der Waals surface area contributed by atoms with Crippen molar-refractivity contribution in [2.24, 2.45) is 0 Å². The van der Waals surface area contributed by atoms with Crippen molar-refractivity contribution in [1.82, 2.24) is 19.7 Å². The van der Waals surface area contributed by atoms with Gasteiger partial charge in [0.15, 0.2) is 5.82 Å². The molecule has 9 nitrogen and oxygen atoms in total. The Kier molecular flexibility index (Phi) is 2.67. The summed E-state index contributed by atoms with van der Waals surface area (Å²) in [6, 6.07) is 0.734. The third-order valence-corrected chi connectivity index (χ3v) is 1.92. The van der Waals surface area contributed by atoms with Crippen LogP contribution in [0, 0.1) is 15.9 Å². The molecule has 0 aliphatic carbocycles. The Balaban J connectivity index is 2.55. The highest BCUT2D eigenvalue weighted by molar-refractivity contribution is 5.90. The second-order valence-electron chi connectivity index (χ2n) is 3.08. The summed E-state index contributed by atoms with van der Waals surface area (Å²) in [6.45, 7) is 0. The number of aromatic nitrogens is 4. The van der Waals surface area contributed by atoms with E-state index in [4.69, 9.17) is 5.11 Å². The number of carboxylic acids is 1. The Bertz CT molecular complexity index is 640. The molecule has 0 bridgehead atoms. The molecule has 0 saturated heterocycles. The lowest BCUT2D eigenvalue weighted by atomic mass is 10.2. The Morgan fingerprint density at radius 2 is 2.22 bits per heavy atom. The molecule has 18 heavy (non-hydrogen) atoms. The van der Waals surface area contributed by atoms with Gasteiger partial charge in [-0.3, -0.25) is 0 Å². The summed E-state index contributed by atoms with van der Waals surface area (Å²) in [5.41, 5.74) is -0.477. The van der Waals surface area contributed by atoms with Crippen LogP contribution in [0.2, 0.25) is 0 Å². The Morgan fingerprint density at radius 3 is 2.78 bits per heavy atom. The molecule has 2 heterocycles. The molecular weight excluding hydrogens is 249 g/mol. The summed E-state index contributed by atoms with van der Waals surface area (Å²) in [5, 5.41) is 22.7. The molecule has 0 aromatic carbocycles. The normalized spacial score (nSPS) is 10.3. The summed E-state index contributed by atoms with van der Waals surface area (Å²) < 4.78 is 13.7. The van der Waals surface area contributed by atoms with E-state index in [0.29, 0.717) is 0 Å². The minimum Gasteiger partial charge on any atom is -0.478 e. The number of carboxylic acid groups (broad SMARTS) is 1. The molecule has 2 rings (SSSR count). The minimum absolute atomic E-state index is 0.260. The summed E-state index contributed by atoms with van der Waals surface area (Å²) in [5.74, 6) is -3.25. The van der Waals surface area contributed by atoms with E-state index >= 15 is 0 Å². The van der Waals surface area contributed by atoms with E-state index < -0.39 is 28.2 Å². The van der Waals surface area contributed by atoms with E-state index in [0.717, 1.165) is 23.3 Å². The number of aromatic carboxylic acids is 1. The highest BCUT2D eigenvalue weighted by Crippen LogP contribution is 2.13. The zero-order chi connectivity index (χ0) is 13.3. The van der Waals surface area contributed by atoms with Gasteiger partial charge in [-0.05, 0) is 11.0 Å². The van der Waals surface area contributed by atoms with Crippen LogP contribution in [0.15, 0.2) is 18.6 Å². The van der Waals surface area contributed by atoms with Gasteiger partial charge in [0.05, 0.1) is 6.20 Å². The Morgan fingerprint density at radius 1 is 1.50 bits per heavy atom. The number of pyridine rings is 1. The molecule has 0 amide bonds. The van der Waals surface area contributed by atoms with Gasteiger partial charge in [-0.25, -0.2) is 14.2 Å². The molecule has 0 aliphatic heterocycles. The van der Waals surface area contributed by atoms with Crippen molar-refractivity contribution in [2.75, 3.05) is 0 Å². The van der Waals surface area contributed by atoms with E-state index in [-0.39, 0.29) is 5.82 Å². The number of carbonyl (C=O) groups is 1. The van der Waals surface area contributed by atoms with Crippen LogP contribution in [0.4, 0.5) is 10.3 Å². The lowest BCUT2D eigenvalue weighted by molar-refractivity contribution is -0.394. The quantitative estimate of drug-likeness (QED) is 0.620. The molecule has 0 fully saturated rings. The van der Waals surface area contributed by atoms with Crippen LogP contribution >= 0.6 is 0 Å². The number of nitro groups is 1. The summed E-state index contributed by atoms with van der Waals surface area (Å²) >= 11 is 0. The van der Waals surface area contributed by atoms with E-state index in [9.17, 15) is 19.3 Å². The predicted octanol–water partition coefficient (Wildman–Crippen LogP) is 0.408. The number of hydrogen-bond acceptors (Lipinski definition) is 6. The largest absolute Gasteiger partial charge is 0.491 e. The van der Waals surface area contributed by atoms with Crippen LogP contribution in [0.5, 0.6) is 0 Å². The van der Waals surface area contributed by atoms with Gasteiger partial charge in [-0.15, -0.1) is 4.68 Å². The van der Waals surface area contributed by atoms with Crippen LogP contribution in [0.3, 0.4) is 0 Å². The smallest absolute Gasteiger partial charge is 0.478 e. The molecule has 0 spiro atoms. The van der Waals surface area contributed by atoms with Gasteiger partial charge < -0.3 is 15.2 Å². The zero-order valence-electron chi connectivity index (χ0n) is 8.52. The molecule has 0 saturated carbocycles. The van der Waals surface area contributed by atoms with Crippen LogP contribution in [-0.4, -0.2) is 35.7 Å². The van der Waals surface area contributed by atoms with E-state index in [1.165, 1.54) is 0 Å². The number of rotatable bonds is 3. The molecule has 2 aromatic heterocycles. The van der Waals surface area contributed by atoms with Gasteiger partial charge in [0.25, 0.3) is 0 Å². The van der Waals surface area contributed by atoms with Crippen LogP contribution in [-0.2, 0) is 0 Å². The molecular formula is C8H4FN5O4. The number of nitrogens with zero attached hydrogens (tertiary/aromatic N) is 5. The first-order chi connectivity index (χ1) is 8.49. The average molecular weight is 253 g/mol. The third kappa shape index (κ3) is 1.98. The van der Waals surface area contributed by atoms with E-state index in [1.807, 2.05) is 0 Å². The monoisotopic (exact) mass is 253 g/mol. The first-order valence-corrected chi connectivity index (χ1v) is 4.44. The number of halogens is 1. The van der Waals surface area contributed by atoms with Gasteiger partial charge >= 0.3 is 11.9 Å². The maximum absolute atomic E-state index is 12.9. The van der Waals surface area contributed by atoms with Gasteiger partial charge in [0.1, 0.15) is 11.4 Å². The fourth-order valence-corrected chi connectivity index (χ4v) is 1.21. The van der Waals surface area contributed by atoms with Gasteiger partial charge in [-0.1, -0.05) is 4.98 Å². The van der Waals surface area contributed by atoms with Gasteiger partial charge in [-0.2, -0.15) is 0 Å².